The smallest absolute Gasteiger partial charge is 0.195 e. The topological polar surface area (TPSA) is 49.5 Å². The standard InChI is InChI=1S/C16H22N2O2/c19-12-13-5-3-9-18(11-13)10-4-8-16-17-14-6-1-2-7-15(14)20-16/h1-2,6-7,13,19H,3-5,8-12H2. The summed E-state index contributed by atoms with van der Waals surface area (Å²) >= 11 is 0. The number of aromatic nitrogens is 1. The monoisotopic (exact) mass is 274 g/mol. The highest BCUT2D eigenvalue weighted by Gasteiger charge is 2.18. The second-order valence-electron chi connectivity index (χ2n) is 5.67. The van der Waals surface area contributed by atoms with Crippen molar-refractivity contribution in [3.8, 4) is 0 Å². The van der Waals surface area contributed by atoms with Gasteiger partial charge in [0, 0.05) is 19.6 Å². The van der Waals surface area contributed by atoms with Crippen LogP contribution in [-0.4, -0.2) is 41.2 Å². The lowest BCUT2D eigenvalue weighted by atomic mass is 9.99. The largest absolute Gasteiger partial charge is 0.441 e. The van der Waals surface area contributed by atoms with E-state index in [0.29, 0.717) is 12.5 Å². The van der Waals surface area contributed by atoms with Gasteiger partial charge in [-0.1, -0.05) is 12.1 Å². The summed E-state index contributed by atoms with van der Waals surface area (Å²) in [7, 11) is 0. The minimum atomic E-state index is 0.321. The lowest BCUT2D eigenvalue weighted by Gasteiger charge is -2.31. The number of aryl methyl sites for hydroxylation is 1. The first-order chi connectivity index (χ1) is 9.85. The number of rotatable bonds is 5. The number of likely N-dealkylation sites (tertiary alicyclic amines) is 1. The predicted molar refractivity (Wildman–Crippen MR) is 78.6 cm³/mol. The molecular formula is C16H22N2O2. The van der Waals surface area contributed by atoms with Gasteiger partial charge in [-0.05, 0) is 50.4 Å². The third kappa shape index (κ3) is 3.19. The van der Waals surface area contributed by atoms with Crippen LogP contribution in [-0.2, 0) is 6.42 Å². The van der Waals surface area contributed by atoms with Gasteiger partial charge in [-0.3, -0.25) is 0 Å². The Morgan fingerprint density at radius 2 is 2.25 bits per heavy atom. The van der Waals surface area contributed by atoms with Crippen molar-refractivity contribution in [1.29, 1.82) is 0 Å². The molecule has 108 valence electrons. The van der Waals surface area contributed by atoms with Crippen molar-refractivity contribution in [3.63, 3.8) is 0 Å². The quantitative estimate of drug-likeness (QED) is 0.910. The van der Waals surface area contributed by atoms with Gasteiger partial charge in [0.25, 0.3) is 0 Å². The minimum absolute atomic E-state index is 0.321. The van der Waals surface area contributed by atoms with Gasteiger partial charge in [0.05, 0.1) is 0 Å². The average Bonchev–Trinajstić information content (AvgIpc) is 2.90. The maximum atomic E-state index is 9.24. The van der Waals surface area contributed by atoms with E-state index in [1.807, 2.05) is 24.3 Å². The Kier molecular flexibility index (Phi) is 4.33. The second-order valence-corrected chi connectivity index (χ2v) is 5.67. The Labute approximate surface area is 119 Å². The van der Waals surface area contributed by atoms with E-state index in [1.165, 1.54) is 6.42 Å². The number of piperidine rings is 1. The molecule has 1 N–H and O–H groups in total. The van der Waals surface area contributed by atoms with Crippen LogP contribution in [0.1, 0.15) is 25.2 Å². The van der Waals surface area contributed by atoms with Gasteiger partial charge in [0.1, 0.15) is 5.52 Å². The molecule has 1 aliphatic heterocycles. The van der Waals surface area contributed by atoms with Crippen molar-refractivity contribution in [1.82, 2.24) is 9.88 Å². The molecule has 1 saturated heterocycles. The predicted octanol–water partition coefficient (Wildman–Crippen LogP) is 2.46. The summed E-state index contributed by atoms with van der Waals surface area (Å²) in [6.07, 6.45) is 4.31. The first kappa shape index (κ1) is 13.6. The Morgan fingerprint density at radius 3 is 3.10 bits per heavy atom. The molecule has 1 aliphatic rings. The second kappa shape index (κ2) is 6.37. The molecule has 4 nitrogen and oxygen atoms in total. The first-order valence-corrected chi connectivity index (χ1v) is 7.53. The molecule has 2 heterocycles. The van der Waals surface area contributed by atoms with Gasteiger partial charge in [0.2, 0.25) is 0 Å². The number of para-hydroxylation sites is 2. The Morgan fingerprint density at radius 1 is 1.35 bits per heavy atom. The average molecular weight is 274 g/mol. The van der Waals surface area contributed by atoms with Crippen LogP contribution in [0, 0.1) is 5.92 Å². The van der Waals surface area contributed by atoms with Gasteiger partial charge in [0.15, 0.2) is 11.5 Å². The maximum Gasteiger partial charge on any atom is 0.195 e. The first-order valence-electron chi connectivity index (χ1n) is 7.53. The van der Waals surface area contributed by atoms with E-state index in [4.69, 9.17) is 4.42 Å². The number of nitrogens with zero attached hydrogens (tertiary/aromatic N) is 2. The van der Waals surface area contributed by atoms with Crippen molar-refractivity contribution in [2.45, 2.75) is 25.7 Å². The van der Waals surface area contributed by atoms with Gasteiger partial charge in [-0.2, -0.15) is 0 Å². The van der Waals surface area contributed by atoms with E-state index in [-0.39, 0.29) is 0 Å². The minimum Gasteiger partial charge on any atom is -0.441 e. The van der Waals surface area contributed by atoms with Crippen molar-refractivity contribution in [3.05, 3.63) is 30.2 Å². The van der Waals surface area contributed by atoms with Crippen LogP contribution in [0.3, 0.4) is 0 Å². The lowest BCUT2D eigenvalue weighted by molar-refractivity contribution is 0.119. The molecular weight excluding hydrogens is 252 g/mol. The summed E-state index contributed by atoms with van der Waals surface area (Å²) in [5.74, 6) is 1.30. The van der Waals surface area contributed by atoms with Crippen LogP contribution in [0.4, 0.5) is 0 Å². The van der Waals surface area contributed by atoms with E-state index in [1.54, 1.807) is 0 Å². The van der Waals surface area contributed by atoms with Crippen molar-refractivity contribution in [2.75, 3.05) is 26.2 Å². The van der Waals surface area contributed by atoms with Gasteiger partial charge in [-0.25, -0.2) is 4.98 Å². The summed E-state index contributed by atoms with van der Waals surface area (Å²) < 4.78 is 5.73. The Hall–Kier alpha value is -1.39. The number of oxazole rings is 1. The highest BCUT2D eigenvalue weighted by molar-refractivity contribution is 5.72. The summed E-state index contributed by atoms with van der Waals surface area (Å²) in [4.78, 5) is 6.95. The maximum absolute atomic E-state index is 9.24. The van der Waals surface area contributed by atoms with Crippen molar-refractivity contribution in [2.24, 2.45) is 5.92 Å². The van der Waals surface area contributed by atoms with E-state index in [9.17, 15) is 5.11 Å². The number of hydrogen-bond acceptors (Lipinski definition) is 4. The summed E-state index contributed by atoms with van der Waals surface area (Å²) in [5, 5.41) is 9.24. The summed E-state index contributed by atoms with van der Waals surface area (Å²) in [6, 6.07) is 7.90. The van der Waals surface area contributed by atoms with E-state index < -0.39 is 0 Å². The zero-order valence-corrected chi connectivity index (χ0v) is 11.8. The molecule has 0 spiro atoms. The highest BCUT2D eigenvalue weighted by Crippen LogP contribution is 2.18. The number of aliphatic hydroxyl groups is 1. The van der Waals surface area contributed by atoms with Gasteiger partial charge in [-0.15, -0.1) is 0 Å². The normalized spacial score (nSPS) is 20.6. The molecule has 1 atom stereocenters. The molecule has 1 fully saturated rings. The van der Waals surface area contributed by atoms with E-state index >= 15 is 0 Å². The molecule has 0 bridgehead atoms. The lowest BCUT2D eigenvalue weighted by Crippen LogP contribution is -2.37. The van der Waals surface area contributed by atoms with Gasteiger partial charge >= 0.3 is 0 Å². The number of fused-ring (bicyclic) bond motifs is 1. The highest BCUT2D eigenvalue weighted by atomic mass is 16.3. The Bertz CT molecular complexity index is 519. The van der Waals surface area contributed by atoms with Crippen molar-refractivity contribution < 1.29 is 9.52 Å². The molecule has 1 aromatic carbocycles. The molecule has 0 aliphatic carbocycles. The zero-order valence-electron chi connectivity index (χ0n) is 11.8. The molecule has 0 radical (unpaired) electrons. The fourth-order valence-corrected chi connectivity index (χ4v) is 2.98. The number of aliphatic hydroxyl groups excluding tert-OH is 1. The number of benzene rings is 1. The van der Waals surface area contributed by atoms with Crippen LogP contribution in [0.15, 0.2) is 28.7 Å². The summed E-state index contributed by atoms with van der Waals surface area (Å²) in [6.45, 7) is 3.57. The molecule has 4 heteroatoms. The summed E-state index contributed by atoms with van der Waals surface area (Å²) in [5.41, 5.74) is 1.82. The third-order valence-corrected chi connectivity index (χ3v) is 4.06. The number of hydrogen-bond donors (Lipinski definition) is 1. The molecule has 3 rings (SSSR count). The van der Waals surface area contributed by atoms with E-state index in [0.717, 1.165) is 55.9 Å². The van der Waals surface area contributed by atoms with Crippen molar-refractivity contribution >= 4 is 11.1 Å². The molecule has 0 amide bonds. The third-order valence-electron chi connectivity index (χ3n) is 4.06. The molecule has 2 aromatic rings. The van der Waals surface area contributed by atoms with Crippen LogP contribution >= 0.6 is 0 Å². The van der Waals surface area contributed by atoms with Crippen LogP contribution in [0.25, 0.3) is 11.1 Å². The zero-order chi connectivity index (χ0) is 13.8. The fourth-order valence-electron chi connectivity index (χ4n) is 2.98. The molecule has 1 unspecified atom stereocenters. The van der Waals surface area contributed by atoms with Crippen LogP contribution in [0.5, 0.6) is 0 Å². The fraction of sp³-hybridized carbons (Fsp3) is 0.562. The SMILES string of the molecule is OCC1CCCN(CCCc2nc3ccccc3o2)C1. The molecule has 20 heavy (non-hydrogen) atoms. The van der Waals surface area contributed by atoms with E-state index in [2.05, 4.69) is 9.88 Å². The van der Waals surface area contributed by atoms with Crippen LogP contribution in [0.2, 0.25) is 0 Å². The molecule has 0 saturated carbocycles. The van der Waals surface area contributed by atoms with Crippen LogP contribution < -0.4 is 0 Å². The van der Waals surface area contributed by atoms with Gasteiger partial charge < -0.3 is 14.4 Å². The Balaban J connectivity index is 1.49. The molecule has 1 aromatic heterocycles.